The van der Waals surface area contributed by atoms with Gasteiger partial charge in [0.2, 0.25) is 0 Å². The summed E-state index contributed by atoms with van der Waals surface area (Å²) in [4.78, 5) is 4.30. The van der Waals surface area contributed by atoms with Crippen LogP contribution in [0, 0.1) is 6.92 Å². The molecule has 0 aliphatic rings. The topological polar surface area (TPSA) is 50.9 Å². The average Bonchev–Trinajstić information content (AvgIpc) is 2.08. The van der Waals surface area contributed by atoms with Crippen molar-refractivity contribution in [2.24, 2.45) is 5.73 Å². The Hall–Kier alpha value is -1.09. The molecule has 0 aliphatic carbocycles. The van der Waals surface area contributed by atoms with Crippen molar-refractivity contribution in [3.05, 3.63) is 23.4 Å². The Kier molecular flexibility index (Phi) is 3.25. The van der Waals surface area contributed by atoms with Crippen molar-refractivity contribution in [3.63, 3.8) is 0 Å². The maximum atomic E-state index is 5.51. The first-order chi connectivity index (χ1) is 6.13. The summed E-state index contributed by atoms with van der Waals surface area (Å²) in [5.41, 5.74) is 7.74. The van der Waals surface area contributed by atoms with E-state index < -0.39 is 0 Å². The Labute approximate surface area is 79.4 Å². The fourth-order valence-electron chi connectivity index (χ4n) is 1.17. The van der Waals surface area contributed by atoms with Crippen molar-refractivity contribution >= 4 is 5.82 Å². The van der Waals surface area contributed by atoms with Gasteiger partial charge >= 0.3 is 0 Å². The predicted octanol–water partition coefficient (Wildman–Crippen LogP) is 1.67. The van der Waals surface area contributed by atoms with Gasteiger partial charge in [-0.3, -0.25) is 0 Å². The van der Waals surface area contributed by atoms with Crippen LogP contribution in [0.4, 0.5) is 5.82 Å². The third-order valence-electron chi connectivity index (χ3n) is 1.80. The highest BCUT2D eigenvalue weighted by Crippen LogP contribution is 2.13. The minimum Gasteiger partial charge on any atom is -0.368 e. The van der Waals surface area contributed by atoms with Crippen LogP contribution < -0.4 is 11.1 Å². The van der Waals surface area contributed by atoms with Gasteiger partial charge in [-0.1, -0.05) is 0 Å². The highest BCUT2D eigenvalue weighted by Gasteiger charge is 2.01. The van der Waals surface area contributed by atoms with Crippen LogP contribution in [-0.4, -0.2) is 11.0 Å². The van der Waals surface area contributed by atoms with Crippen molar-refractivity contribution in [2.75, 3.05) is 5.32 Å². The Bertz CT molecular complexity index is 281. The molecule has 3 nitrogen and oxygen atoms in total. The SMILES string of the molecule is Cc1cc(CN)cnc1NC(C)C. The van der Waals surface area contributed by atoms with Gasteiger partial charge in [0.25, 0.3) is 0 Å². The zero-order valence-corrected chi connectivity index (χ0v) is 8.46. The number of anilines is 1. The van der Waals surface area contributed by atoms with Crippen LogP contribution in [0.2, 0.25) is 0 Å². The molecule has 0 saturated carbocycles. The zero-order chi connectivity index (χ0) is 9.84. The lowest BCUT2D eigenvalue weighted by Crippen LogP contribution is -2.12. The molecule has 0 bridgehead atoms. The number of aryl methyl sites for hydroxylation is 1. The van der Waals surface area contributed by atoms with E-state index in [9.17, 15) is 0 Å². The van der Waals surface area contributed by atoms with E-state index in [1.54, 1.807) is 0 Å². The number of pyridine rings is 1. The van der Waals surface area contributed by atoms with Gasteiger partial charge < -0.3 is 11.1 Å². The fraction of sp³-hybridized carbons (Fsp3) is 0.500. The summed E-state index contributed by atoms with van der Waals surface area (Å²) in [6, 6.07) is 2.48. The maximum absolute atomic E-state index is 5.51. The molecule has 13 heavy (non-hydrogen) atoms. The standard InChI is InChI=1S/C10H17N3/c1-7(2)13-10-8(3)4-9(5-11)6-12-10/h4,6-7H,5,11H2,1-3H3,(H,12,13). The van der Waals surface area contributed by atoms with Gasteiger partial charge in [-0.15, -0.1) is 0 Å². The number of hydrogen-bond acceptors (Lipinski definition) is 3. The summed E-state index contributed by atoms with van der Waals surface area (Å²) in [7, 11) is 0. The van der Waals surface area contributed by atoms with Crippen molar-refractivity contribution < 1.29 is 0 Å². The first-order valence-electron chi connectivity index (χ1n) is 4.55. The number of nitrogens with two attached hydrogens (primary N) is 1. The first-order valence-corrected chi connectivity index (χ1v) is 4.55. The highest BCUT2D eigenvalue weighted by molar-refractivity contribution is 5.44. The number of rotatable bonds is 3. The van der Waals surface area contributed by atoms with Crippen LogP contribution in [0.15, 0.2) is 12.3 Å². The van der Waals surface area contributed by atoms with Crippen LogP contribution >= 0.6 is 0 Å². The van der Waals surface area contributed by atoms with E-state index in [4.69, 9.17) is 5.73 Å². The fourth-order valence-corrected chi connectivity index (χ4v) is 1.17. The molecule has 0 radical (unpaired) electrons. The first kappa shape index (κ1) is 9.99. The minimum atomic E-state index is 0.412. The molecule has 1 aromatic rings. The molecule has 0 saturated heterocycles. The molecule has 0 fully saturated rings. The lowest BCUT2D eigenvalue weighted by Gasteiger charge is -2.11. The summed E-state index contributed by atoms with van der Waals surface area (Å²) in [6.07, 6.45) is 1.82. The molecule has 0 spiro atoms. The van der Waals surface area contributed by atoms with Crippen LogP contribution in [-0.2, 0) is 6.54 Å². The third-order valence-corrected chi connectivity index (χ3v) is 1.80. The molecule has 1 aromatic heterocycles. The normalized spacial score (nSPS) is 10.5. The van der Waals surface area contributed by atoms with Crippen LogP contribution in [0.3, 0.4) is 0 Å². The summed E-state index contributed by atoms with van der Waals surface area (Å²) >= 11 is 0. The Balaban J connectivity index is 2.85. The van der Waals surface area contributed by atoms with E-state index in [1.165, 1.54) is 0 Å². The van der Waals surface area contributed by atoms with Gasteiger partial charge in [0.1, 0.15) is 5.82 Å². The molecule has 1 heterocycles. The molecule has 0 aliphatic heterocycles. The van der Waals surface area contributed by atoms with Gasteiger partial charge in [-0.25, -0.2) is 4.98 Å². The van der Waals surface area contributed by atoms with E-state index in [0.29, 0.717) is 12.6 Å². The Morgan fingerprint density at radius 1 is 1.54 bits per heavy atom. The smallest absolute Gasteiger partial charge is 0.129 e. The lowest BCUT2D eigenvalue weighted by atomic mass is 10.2. The van der Waals surface area contributed by atoms with E-state index in [1.807, 2.05) is 13.1 Å². The second-order valence-corrected chi connectivity index (χ2v) is 3.51. The van der Waals surface area contributed by atoms with E-state index >= 15 is 0 Å². The minimum absolute atomic E-state index is 0.412. The van der Waals surface area contributed by atoms with E-state index in [-0.39, 0.29) is 0 Å². The third kappa shape index (κ3) is 2.70. The molecule has 0 unspecified atom stereocenters. The van der Waals surface area contributed by atoms with Crippen molar-refractivity contribution in [3.8, 4) is 0 Å². The number of aromatic nitrogens is 1. The lowest BCUT2D eigenvalue weighted by molar-refractivity contribution is 0.883. The number of nitrogens with zero attached hydrogens (tertiary/aromatic N) is 1. The molecular formula is C10H17N3. The molecule has 72 valence electrons. The summed E-state index contributed by atoms with van der Waals surface area (Å²) in [6.45, 7) is 6.78. The Morgan fingerprint density at radius 3 is 2.69 bits per heavy atom. The van der Waals surface area contributed by atoms with Gasteiger partial charge in [0.05, 0.1) is 0 Å². The van der Waals surface area contributed by atoms with Gasteiger partial charge in [0.15, 0.2) is 0 Å². The molecular weight excluding hydrogens is 162 g/mol. The van der Waals surface area contributed by atoms with Crippen molar-refractivity contribution in [2.45, 2.75) is 33.4 Å². The number of hydrogen-bond donors (Lipinski definition) is 2. The van der Waals surface area contributed by atoms with E-state index in [0.717, 1.165) is 16.9 Å². The van der Waals surface area contributed by atoms with E-state index in [2.05, 4.69) is 30.2 Å². The zero-order valence-electron chi connectivity index (χ0n) is 8.46. The van der Waals surface area contributed by atoms with Gasteiger partial charge in [-0.05, 0) is 38.0 Å². The molecule has 0 atom stereocenters. The van der Waals surface area contributed by atoms with Crippen LogP contribution in [0.5, 0.6) is 0 Å². The summed E-state index contributed by atoms with van der Waals surface area (Å²) in [5.74, 6) is 0.951. The van der Waals surface area contributed by atoms with Crippen LogP contribution in [0.1, 0.15) is 25.0 Å². The number of nitrogens with one attached hydrogen (secondary N) is 1. The van der Waals surface area contributed by atoms with Crippen molar-refractivity contribution in [1.29, 1.82) is 0 Å². The average molecular weight is 179 g/mol. The summed E-state index contributed by atoms with van der Waals surface area (Å²) in [5, 5.41) is 3.27. The Morgan fingerprint density at radius 2 is 2.23 bits per heavy atom. The van der Waals surface area contributed by atoms with Gasteiger partial charge in [0, 0.05) is 18.8 Å². The second kappa shape index (κ2) is 4.23. The molecule has 1 rings (SSSR count). The molecule has 3 heteroatoms. The molecule has 3 N–H and O–H groups in total. The van der Waals surface area contributed by atoms with Gasteiger partial charge in [-0.2, -0.15) is 0 Å². The molecule has 0 amide bonds. The largest absolute Gasteiger partial charge is 0.368 e. The molecule has 0 aromatic carbocycles. The van der Waals surface area contributed by atoms with Crippen molar-refractivity contribution in [1.82, 2.24) is 4.98 Å². The van der Waals surface area contributed by atoms with Crippen LogP contribution in [0.25, 0.3) is 0 Å². The monoisotopic (exact) mass is 179 g/mol. The summed E-state index contributed by atoms with van der Waals surface area (Å²) < 4.78 is 0. The maximum Gasteiger partial charge on any atom is 0.129 e. The highest BCUT2D eigenvalue weighted by atomic mass is 15.0. The second-order valence-electron chi connectivity index (χ2n) is 3.51. The predicted molar refractivity (Wildman–Crippen MR) is 55.6 cm³/mol. The quantitative estimate of drug-likeness (QED) is 0.742.